The number of amides is 1. The predicted molar refractivity (Wildman–Crippen MR) is 75.8 cm³/mol. The Labute approximate surface area is 123 Å². The topological polar surface area (TPSA) is 82.5 Å². The first-order valence-corrected chi connectivity index (χ1v) is 6.94. The number of nitrogens with one attached hydrogen (secondary N) is 1. The van der Waals surface area contributed by atoms with Gasteiger partial charge in [0.15, 0.2) is 6.29 Å². The molecule has 116 valence electrons. The van der Waals surface area contributed by atoms with Gasteiger partial charge in [0.2, 0.25) is 5.91 Å². The average Bonchev–Trinajstić information content (AvgIpc) is 2.48. The van der Waals surface area contributed by atoms with Crippen molar-refractivity contribution in [1.29, 1.82) is 0 Å². The highest BCUT2D eigenvalue weighted by atomic mass is 16.7. The summed E-state index contributed by atoms with van der Waals surface area (Å²) in [5.41, 5.74) is 1.64. The van der Waals surface area contributed by atoms with Crippen LogP contribution in [0.5, 0.6) is 0 Å². The monoisotopic (exact) mass is 295 g/mol. The third-order valence-electron chi connectivity index (χ3n) is 3.79. The van der Waals surface area contributed by atoms with Gasteiger partial charge < -0.3 is 14.8 Å². The molecule has 1 aromatic rings. The normalized spacial score (nSPS) is 17.6. The summed E-state index contributed by atoms with van der Waals surface area (Å²) in [7, 11) is 4.69. The van der Waals surface area contributed by atoms with Crippen molar-refractivity contribution in [3.05, 3.63) is 27.7 Å². The van der Waals surface area contributed by atoms with Gasteiger partial charge in [-0.2, -0.15) is 5.10 Å². The second-order valence-electron chi connectivity index (χ2n) is 5.16. The molecule has 1 amide bonds. The molecule has 0 radical (unpaired) electrons. The lowest BCUT2D eigenvalue weighted by Gasteiger charge is -2.24. The molecule has 0 saturated heterocycles. The molecule has 0 spiro atoms. The van der Waals surface area contributed by atoms with Crippen LogP contribution in [0.25, 0.3) is 0 Å². The number of aromatic nitrogens is 2. The van der Waals surface area contributed by atoms with Crippen LogP contribution in [0.4, 0.5) is 0 Å². The molecule has 2 rings (SSSR count). The summed E-state index contributed by atoms with van der Waals surface area (Å²) >= 11 is 0. The van der Waals surface area contributed by atoms with Crippen molar-refractivity contribution in [3.8, 4) is 0 Å². The summed E-state index contributed by atoms with van der Waals surface area (Å²) in [6.07, 6.45) is 1.54. The van der Waals surface area contributed by atoms with Gasteiger partial charge in [0.25, 0.3) is 5.56 Å². The van der Waals surface area contributed by atoms with Crippen molar-refractivity contribution in [1.82, 2.24) is 15.1 Å². The Bertz CT molecular complexity index is 566. The molecule has 0 bridgehead atoms. The summed E-state index contributed by atoms with van der Waals surface area (Å²) in [5, 5.41) is 7.06. The number of nitrogens with zero attached hydrogens (tertiary/aromatic N) is 2. The number of hydrogen-bond donors (Lipinski definition) is 1. The lowest BCUT2D eigenvalue weighted by molar-refractivity contribution is -0.131. The minimum atomic E-state index is -0.446. The first kappa shape index (κ1) is 15.7. The van der Waals surface area contributed by atoms with Crippen LogP contribution in [0.3, 0.4) is 0 Å². The van der Waals surface area contributed by atoms with E-state index in [4.69, 9.17) is 9.47 Å². The maximum atomic E-state index is 12.2. The van der Waals surface area contributed by atoms with Crippen molar-refractivity contribution >= 4 is 5.91 Å². The third kappa shape index (κ3) is 3.68. The fourth-order valence-electron chi connectivity index (χ4n) is 2.50. The van der Waals surface area contributed by atoms with Crippen molar-refractivity contribution in [2.24, 2.45) is 13.0 Å². The van der Waals surface area contributed by atoms with E-state index in [1.165, 1.54) is 18.9 Å². The summed E-state index contributed by atoms with van der Waals surface area (Å²) in [6, 6.07) is 1.58. The fraction of sp³-hybridized carbons (Fsp3) is 0.643. The summed E-state index contributed by atoms with van der Waals surface area (Å²) in [4.78, 5) is 23.8. The number of rotatable bonds is 5. The number of ether oxygens (including phenoxy) is 2. The van der Waals surface area contributed by atoms with Crippen LogP contribution in [0.15, 0.2) is 10.9 Å². The van der Waals surface area contributed by atoms with E-state index in [-0.39, 0.29) is 17.4 Å². The number of aryl methyl sites for hydroxylation is 2. The SMILES string of the molecule is COC(CNC(=O)C1CCc2nn(C)c(=O)cc2C1)OC. The van der Waals surface area contributed by atoms with E-state index < -0.39 is 6.29 Å². The van der Waals surface area contributed by atoms with E-state index in [1.54, 1.807) is 13.1 Å². The molecule has 1 atom stereocenters. The lowest BCUT2D eigenvalue weighted by Crippen LogP contribution is -2.40. The highest BCUT2D eigenvalue weighted by Crippen LogP contribution is 2.23. The molecular formula is C14H21N3O4. The van der Waals surface area contributed by atoms with E-state index in [2.05, 4.69) is 10.4 Å². The minimum Gasteiger partial charge on any atom is -0.354 e. The molecular weight excluding hydrogens is 274 g/mol. The van der Waals surface area contributed by atoms with Gasteiger partial charge in [-0.05, 0) is 24.8 Å². The van der Waals surface area contributed by atoms with Gasteiger partial charge in [-0.3, -0.25) is 9.59 Å². The Morgan fingerprint density at radius 3 is 2.90 bits per heavy atom. The van der Waals surface area contributed by atoms with Crippen molar-refractivity contribution < 1.29 is 14.3 Å². The molecule has 0 aromatic carbocycles. The second kappa shape index (κ2) is 6.82. The third-order valence-corrected chi connectivity index (χ3v) is 3.79. The largest absolute Gasteiger partial charge is 0.354 e. The second-order valence-corrected chi connectivity index (χ2v) is 5.16. The lowest BCUT2D eigenvalue weighted by atomic mass is 9.86. The molecule has 1 N–H and O–H groups in total. The highest BCUT2D eigenvalue weighted by molar-refractivity contribution is 5.79. The zero-order valence-electron chi connectivity index (χ0n) is 12.6. The van der Waals surface area contributed by atoms with Gasteiger partial charge >= 0.3 is 0 Å². The minimum absolute atomic E-state index is 0.0413. The standard InChI is InChI=1S/C14H21N3O4/c1-17-12(18)7-10-6-9(4-5-11(10)16-17)14(19)15-8-13(20-2)21-3/h7,9,13H,4-6,8H2,1-3H3,(H,15,19). The van der Waals surface area contributed by atoms with E-state index in [0.29, 0.717) is 19.4 Å². The van der Waals surface area contributed by atoms with Crippen molar-refractivity contribution in [2.45, 2.75) is 25.6 Å². The maximum absolute atomic E-state index is 12.2. The molecule has 21 heavy (non-hydrogen) atoms. The first-order valence-electron chi connectivity index (χ1n) is 6.94. The first-order chi connectivity index (χ1) is 10.0. The van der Waals surface area contributed by atoms with Crippen molar-refractivity contribution in [3.63, 3.8) is 0 Å². The molecule has 1 unspecified atom stereocenters. The molecule has 0 saturated carbocycles. The molecule has 1 aliphatic rings. The predicted octanol–water partition coefficient (Wildman–Crippen LogP) is -0.380. The Hall–Kier alpha value is -1.73. The van der Waals surface area contributed by atoms with Gasteiger partial charge in [0.05, 0.1) is 12.2 Å². The van der Waals surface area contributed by atoms with Crippen LogP contribution >= 0.6 is 0 Å². The molecule has 0 aliphatic heterocycles. The van der Waals surface area contributed by atoms with Crippen LogP contribution in [-0.2, 0) is 34.2 Å². The van der Waals surface area contributed by atoms with E-state index in [9.17, 15) is 9.59 Å². The van der Waals surface area contributed by atoms with Gasteiger partial charge in [-0.25, -0.2) is 4.68 Å². The van der Waals surface area contributed by atoms with E-state index >= 15 is 0 Å². The average molecular weight is 295 g/mol. The Balaban J connectivity index is 1.99. The number of carbonyl (C=O) groups excluding carboxylic acids is 1. The molecule has 0 fully saturated rings. The zero-order chi connectivity index (χ0) is 15.4. The molecule has 1 aromatic heterocycles. The van der Waals surface area contributed by atoms with E-state index in [1.807, 2.05) is 0 Å². The van der Waals surface area contributed by atoms with Crippen LogP contribution < -0.4 is 10.9 Å². The molecule has 7 heteroatoms. The summed E-state index contributed by atoms with van der Waals surface area (Å²) in [6.45, 7) is 0.310. The van der Waals surface area contributed by atoms with Crippen molar-refractivity contribution in [2.75, 3.05) is 20.8 Å². The Morgan fingerprint density at radius 2 is 2.24 bits per heavy atom. The van der Waals surface area contributed by atoms with Gasteiger partial charge in [-0.15, -0.1) is 0 Å². The Kier molecular flexibility index (Phi) is 5.08. The zero-order valence-corrected chi connectivity index (χ0v) is 12.6. The van der Waals surface area contributed by atoms with Gasteiger partial charge in [-0.1, -0.05) is 0 Å². The smallest absolute Gasteiger partial charge is 0.266 e. The number of hydrogen-bond acceptors (Lipinski definition) is 5. The van der Waals surface area contributed by atoms with Gasteiger partial charge in [0.1, 0.15) is 0 Å². The van der Waals surface area contributed by atoms with Crippen LogP contribution in [0.2, 0.25) is 0 Å². The van der Waals surface area contributed by atoms with Crippen LogP contribution in [0.1, 0.15) is 17.7 Å². The van der Waals surface area contributed by atoms with E-state index in [0.717, 1.165) is 17.7 Å². The van der Waals surface area contributed by atoms with Gasteiger partial charge in [0, 0.05) is 33.3 Å². The maximum Gasteiger partial charge on any atom is 0.266 e. The number of carbonyl (C=O) groups is 1. The van der Waals surface area contributed by atoms with Crippen LogP contribution in [0, 0.1) is 5.92 Å². The quantitative estimate of drug-likeness (QED) is 0.749. The molecule has 1 heterocycles. The summed E-state index contributed by atoms with van der Waals surface area (Å²) < 4.78 is 11.4. The molecule has 1 aliphatic carbocycles. The van der Waals surface area contributed by atoms with Crippen LogP contribution in [-0.4, -0.2) is 42.7 Å². The highest BCUT2D eigenvalue weighted by Gasteiger charge is 2.26. The summed E-state index contributed by atoms with van der Waals surface area (Å²) in [5.74, 6) is -0.179. The number of methoxy groups -OCH3 is 2. The number of fused-ring (bicyclic) bond motifs is 1. The fourth-order valence-corrected chi connectivity index (χ4v) is 2.50. The molecule has 7 nitrogen and oxygen atoms in total. The Morgan fingerprint density at radius 1 is 1.52 bits per heavy atom.